The Morgan fingerprint density at radius 3 is 2.67 bits per heavy atom. The Morgan fingerprint density at radius 1 is 1.67 bits per heavy atom. The Bertz CT molecular complexity index is 400. The molecule has 0 aliphatic rings. The second-order valence-corrected chi connectivity index (χ2v) is 3.34. The number of nitro groups is 1. The van der Waals surface area contributed by atoms with E-state index >= 15 is 0 Å². The predicted molar refractivity (Wildman–Crippen MR) is 49.5 cm³/mol. The number of nitrogens with zero attached hydrogens (tertiary/aromatic N) is 2. The van der Waals surface area contributed by atoms with Crippen molar-refractivity contribution in [2.45, 2.75) is 13.0 Å². The lowest BCUT2D eigenvalue weighted by molar-refractivity contribution is -0.390. The number of alkyl halides is 2. The first-order valence-corrected chi connectivity index (χ1v) is 4.49. The summed E-state index contributed by atoms with van der Waals surface area (Å²) in [7, 11) is 0. The van der Waals surface area contributed by atoms with Crippen LogP contribution < -0.4 is 0 Å². The van der Waals surface area contributed by atoms with Crippen LogP contribution in [0.15, 0.2) is 10.7 Å². The van der Waals surface area contributed by atoms with Crippen molar-refractivity contribution >= 4 is 21.7 Å². The maximum absolute atomic E-state index is 12.4. The zero-order chi connectivity index (χ0) is 11.6. The number of aliphatic hydroxyl groups excluding tert-OH is 1. The van der Waals surface area contributed by atoms with Gasteiger partial charge in [-0.3, -0.25) is 0 Å². The second-order valence-electron chi connectivity index (χ2n) is 2.55. The SMILES string of the molecule is O=[N+]([O-])c1ncc(C(F)F)c(CO)c1Br. The highest BCUT2D eigenvalue weighted by Gasteiger charge is 2.24. The van der Waals surface area contributed by atoms with Crippen LogP contribution in [0.5, 0.6) is 0 Å². The molecule has 1 aromatic rings. The summed E-state index contributed by atoms with van der Waals surface area (Å²) >= 11 is 2.76. The Hall–Kier alpha value is -1.15. The zero-order valence-corrected chi connectivity index (χ0v) is 8.74. The Labute approximate surface area is 91.0 Å². The van der Waals surface area contributed by atoms with Crippen molar-refractivity contribution in [3.8, 4) is 0 Å². The van der Waals surface area contributed by atoms with Gasteiger partial charge in [0.2, 0.25) is 0 Å². The van der Waals surface area contributed by atoms with Crippen molar-refractivity contribution in [2.24, 2.45) is 0 Å². The van der Waals surface area contributed by atoms with Gasteiger partial charge >= 0.3 is 5.82 Å². The number of pyridine rings is 1. The van der Waals surface area contributed by atoms with E-state index in [9.17, 15) is 18.9 Å². The summed E-state index contributed by atoms with van der Waals surface area (Å²) in [5, 5.41) is 19.3. The molecule has 0 radical (unpaired) electrons. The van der Waals surface area contributed by atoms with E-state index in [-0.39, 0.29) is 10.0 Å². The molecule has 1 heterocycles. The third kappa shape index (κ3) is 2.26. The molecule has 15 heavy (non-hydrogen) atoms. The fraction of sp³-hybridized carbons (Fsp3) is 0.286. The van der Waals surface area contributed by atoms with E-state index in [2.05, 4.69) is 20.9 Å². The van der Waals surface area contributed by atoms with Gasteiger partial charge in [0.1, 0.15) is 10.7 Å². The fourth-order valence-corrected chi connectivity index (χ4v) is 1.60. The van der Waals surface area contributed by atoms with Crippen molar-refractivity contribution in [1.29, 1.82) is 0 Å². The second kappa shape index (κ2) is 4.58. The summed E-state index contributed by atoms with van der Waals surface area (Å²) in [5.74, 6) is -0.594. The van der Waals surface area contributed by atoms with E-state index in [1.165, 1.54) is 0 Å². The molecule has 0 saturated carbocycles. The van der Waals surface area contributed by atoms with Crippen LogP contribution in [-0.2, 0) is 6.61 Å². The maximum Gasteiger partial charge on any atom is 0.378 e. The van der Waals surface area contributed by atoms with E-state index < -0.39 is 29.3 Å². The minimum atomic E-state index is -2.84. The van der Waals surface area contributed by atoms with E-state index in [0.717, 1.165) is 0 Å². The van der Waals surface area contributed by atoms with E-state index in [1.54, 1.807) is 0 Å². The number of rotatable bonds is 3. The lowest BCUT2D eigenvalue weighted by Crippen LogP contribution is -2.02. The summed E-state index contributed by atoms with van der Waals surface area (Å²) in [6, 6.07) is 0. The van der Waals surface area contributed by atoms with Gasteiger partial charge in [0.15, 0.2) is 0 Å². The summed E-state index contributed by atoms with van der Waals surface area (Å²) in [6.45, 7) is -0.719. The molecule has 0 bridgehead atoms. The van der Waals surface area contributed by atoms with Crippen LogP contribution in [0.2, 0.25) is 0 Å². The molecule has 0 fully saturated rings. The monoisotopic (exact) mass is 282 g/mol. The summed E-state index contributed by atoms with van der Waals surface area (Å²) in [4.78, 5) is 12.9. The lowest BCUT2D eigenvalue weighted by atomic mass is 10.1. The highest BCUT2D eigenvalue weighted by atomic mass is 79.9. The molecule has 1 aromatic heterocycles. The van der Waals surface area contributed by atoms with Gasteiger partial charge < -0.3 is 15.2 Å². The molecule has 1 rings (SSSR count). The lowest BCUT2D eigenvalue weighted by Gasteiger charge is -2.06. The highest BCUT2D eigenvalue weighted by molar-refractivity contribution is 9.10. The summed E-state index contributed by atoms with van der Waals surface area (Å²) in [5.41, 5.74) is -0.735. The van der Waals surface area contributed by atoms with E-state index in [0.29, 0.717) is 6.20 Å². The maximum atomic E-state index is 12.4. The van der Waals surface area contributed by atoms with Crippen molar-refractivity contribution < 1.29 is 18.8 Å². The summed E-state index contributed by atoms with van der Waals surface area (Å²) < 4.78 is 24.6. The average Bonchev–Trinajstić information content (AvgIpc) is 2.16. The van der Waals surface area contributed by atoms with Crippen molar-refractivity contribution in [3.05, 3.63) is 31.9 Å². The Kier molecular flexibility index (Phi) is 3.64. The first-order chi connectivity index (χ1) is 6.99. The molecule has 0 aliphatic heterocycles. The molecule has 0 unspecified atom stereocenters. The minimum Gasteiger partial charge on any atom is -0.392 e. The standard InChI is InChI=1S/C7H5BrF2N2O3/c8-5-4(2-13)3(6(9)10)1-11-7(5)12(14)15/h1,6,13H,2H2. The van der Waals surface area contributed by atoms with Crippen molar-refractivity contribution in [1.82, 2.24) is 4.98 Å². The van der Waals surface area contributed by atoms with Crippen LogP contribution in [0.4, 0.5) is 14.6 Å². The van der Waals surface area contributed by atoms with Crippen LogP contribution in [0.3, 0.4) is 0 Å². The first kappa shape index (κ1) is 11.9. The summed E-state index contributed by atoms with van der Waals surface area (Å²) in [6.07, 6.45) is -2.14. The topological polar surface area (TPSA) is 76.3 Å². The normalized spacial score (nSPS) is 10.7. The molecule has 0 spiro atoms. The third-order valence-electron chi connectivity index (χ3n) is 1.70. The van der Waals surface area contributed by atoms with Crippen LogP contribution in [-0.4, -0.2) is 15.0 Å². The van der Waals surface area contributed by atoms with Crippen molar-refractivity contribution in [2.75, 3.05) is 0 Å². The Morgan fingerprint density at radius 2 is 2.27 bits per heavy atom. The van der Waals surface area contributed by atoms with Crippen LogP contribution in [0.1, 0.15) is 17.6 Å². The molecule has 0 saturated heterocycles. The molecular weight excluding hydrogens is 278 g/mol. The zero-order valence-electron chi connectivity index (χ0n) is 7.15. The van der Waals surface area contributed by atoms with Crippen molar-refractivity contribution in [3.63, 3.8) is 0 Å². The van der Waals surface area contributed by atoms with Gasteiger partial charge in [-0.15, -0.1) is 0 Å². The van der Waals surface area contributed by atoms with Crippen LogP contribution in [0, 0.1) is 10.1 Å². The molecule has 0 aromatic carbocycles. The fourth-order valence-electron chi connectivity index (χ4n) is 1.00. The number of halogens is 3. The number of hydrogen-bond donors (Lipinski definition) is 1. The average molecular weight is 283 g/mol. The number of aliphatic hydroxyl groups is 1. The molecule has 5 nitrogen and oxygen atoms in total. The molecule has 8 heteroatoms. The van der Waals surface area contributed by atoms with Gasteiger partial charge in [-0.05, 0) is 25.8 Å². The van der Waals surface area contributed by atoms with Gasteiger partial charge in [0, 0.05) is 5.56 Å². The minimum absolute atomic E-state index is 0.215. The highest BCUT2D eigenvalue weighted by Crippen LogP contribution is 2.33. The van der Waals surface area contributed by atoms with Gasteiger partial charge in [0.05, 0.1) is 12.2 Å². The Balaban J connectivity index is 3.39. The van der Waals surface area contributed by atoms with Gasteiger partial charge in [-0.25, -0.2) is 8.78 Å². The quantitative estimate of drug-likeness (QED) is 0.681. The molecule has 0 atom stereocenters. The number of aromatic nitrogens is 1. The van der Waals surface area contributed by atoms with Gasteiger partial charge in [-0.1, -0.05) is 0 Å². The molecule has 1 N–H and O–H groups in total. The smallest absolute Gasteiger partial charge is 0.378 e. The molecule has 0 amide bonds. The predicted octanol–water partition coefficient (Wildman–Crippen LogP) is 2.18. The number of hydrogen-bond acceptors (Lipinski definition) is 4. The van der Waals surface area contributed by atoms with Gasteiger partial charge in [0.25, 0.3) is 6.43 Å². The largest absolute Gasteiger partial charge is 0.392 e. The molecular formula is C7H5BrF2N2O3. The third-order valence-corrected chi connectivity index (χ3v) is 2.54. The van der Waals surface area contributed by atoms with Gasteiger partial charge in [-0.2, -0.15) is 0 Å². The van der Waals surface area contributed by atoms with Crippen LogP contribution >= 0.6 is 15.9 Å². The first-order valence-electron chi connectivity index (χ1n) is 3.69. The molecule has 82 valence electrons. The van der Waals surface area contributed by atoms with E-state index in [1.807, 2.05) is 0 Å². The molecule has 0 aliphatic carbocycles. The van der Waals surface area contributed by atoms with Crippen LogP contribution in [0.25, 0.3) is 0 Å². The van der Waals surface area contributed by atoms with E-state index in [4.69, 9.17) is 5.11 Å².